The molecule has 0 aromatic carbocycles. The molecule has 10 heavy (non-hydrogen) atoms. The normalized spacial score (nSPS) is 5.40. The topological polar surface area (TPSA) is 0 Å². The minimum atomic E-state index is 0. The van der Waals surface area contributed by atoms with E-state index in [-0.39, 0.29) is 26.2 Å². The molecule has 0 saturated carbocycles. The van der Waals surface area contributed by atoms with Crippen LogP contribution in [0.5, 0.6) is 0 Å². The molecule has 0 bridgehead atoms. The van der Waals surface area contributed by atoms with Gasteiger partial charge in [0.1, 0.15) is 0 Å². The van der Waals surface area contributed by atoms with Gasteiger partial charge in [-0.1, -0.05) is 0 Å². The first kappa shape index (κ1) is 22.4. The Morgan fingerprint density at radius 3 is 0.500 bits per heavy atom. The Hall–Kier alpha value is 0.883. The van der Waals surface area contributed by atoms with Crippen LogP contribution in [0.3, 0.4) is 0 Å². The maximum atomic E-state index is 2.00. The van der Waals surface area contributed by atoms with Crippen LogP contribution in [0.15, 0.2) is 0 Å². The third-order valence-corrected chi connectivity index (χ3v) is 0. The average Bonchev–Trinajstić information content (AvgIpc) is 1.70. The first-order valence-electron chi connectivity index (χ1n) is 3.46. The van der Waals surface area contributed by atoms with Crippen LogP contribution in [0, 0.1) is 19.3 Å². The minimum absolute atomic E-state index is 0. The molecule has 0 aromatic heterocycles. The number of rotatable bonds is 0. The van der Waals surface area contributed by atoms with Crippen LogP contribution in [-0.4, -0.2) is 0 Å². The third-order valence-electron chi connectivity index (χ3n) is 0. The summed E-state index contributed by atoms with van der Waals surface area (Å²) in [4.78, 5) is 0. The molecular formula is C9H21Zr. The van der Waals surface area contributed by atoms with Crippen LogP contribution in [0.25, 0.3) is 0 Å². The maximum Gasteiger partial charge on any atom is 3.00 e. The molecule has 0 fully saturated rings. The van der Waals surface area contributed by atoms with Crippen molar-refractivity contribution >= 4 is 0 Å². The molecule has 0 N–H and O–H groups in total. The van der Waals surface area contributed by atoms with E-state index in [0.717, 1.165) is 0 Å². The Morgan fingerprint density at radius 2 is 0.500 bits per heavy atom. The van der Waals surface area contributed by atoms with Gasteiger partial charge in [-0.25, -0.2) is 0 Å². The van der Waals surface area contributed by atoms with Crippen molar-refractivity contribution < 1.29 is 26.2 Å². The van der Waals surface area contributed by atoms with Gasteiger partial charge in [-0.15, -0.1) is 0 Å². The molecule has 0 atom stereocenters. The van der Waals surface area contributed by atoms with Crippen molar-refractivity contribution in [3.63, 3.8) is 0 Å². The van der Waals surface area contributed by atoms with Gasteiger partial charge in [0.25, 0.3) is 0 Å². The molecule has 0 heterocycles. The van der Waals surface area contributed by atoms with Crippen molar-refractivity contribution in [2.24, 2.45) is 0 Å². The molecule has 0 aliphatic heterocycles. The van der Waals surface area contributed by atoms with Gasteiger partial charge < -0.3 is 19.3 Å². The van der Waals surface area contributed by atoms with Gasteiger partial charge in [-0.05, 0) is 0 Å². The van der Waals surface area contributed by atoms with Gasteiger partial charge in [0.15, 0.2) is 0 Å². The summed E-state index contributed by atoms with van der Waals surface area (Å²) in [5, 5.41) is 0. The second-order valence-corrected chi connectivity index (χ2v) is 1.73. The molecule has 0 saturated heterocycles. The van der Waals surface area contributed by atoms with E-state index in [1.54, 1.807) is 0 Å². The van der Waals surface area contributed by atoms with Crippen LogP contribution in [0.1, 0.15) is 41.5 Å². The SMILES string of the molecule is C[CH-]C.C[CH-]C.C[CH-]C.[Zr+3]. The number of hydrogen-bond acceptors (Lipinski definition) is 0. The predicted octanol–water partition coefficient (Wildman–Crippen LogP) is 3.69. The quantitative estimate of drug-likeness (QED) is 0.546. The molecule has 0 unspecified atom stereocenters. The largest absolute Gasteiger partial charge is 3.00 e. The molecule has 61 valence electrons. The standard InChI is InChI=1S/3C3H7.Zr/c3*1-3-2;/h3*3H,1-2H3;/q3*-1;+3. The first-order valence-corrected chi connectivity index (χ1v) is 3.46. The van der Waals surface area contributed by atoms with E-state index in [1.165, 1.54) is 0 Å². The van der Waals surface area contributed by atoms with E-state index >= 15 is 0 Å². The van der Waals surface area contributed by atoms with E-state index in [0.29, 0.717) is 0 Å². The van der Waals surface area contributed by atoms with Crippen LogP contribution in [-0.2, 0) is 26.2 Å². The predicted molar refractivity (Wildman–Crippen MR) is 46.9 cm³/mol. The van der Waals surface area contributed by atoms with Crippen molar-refractivity contribution in [2.45, 2.75) is 41.5 Å². The Morgan fingerprint density at radius 1 is 0.500 bits per heavy atom. The molecule has 0 nitrogen and oxygen atoms in total. The van der Waals surface area contributed by atoms with E-state index in [4.69, 9.17) is 0 Å². The van der Waals surface area contributed by atoms with Gasteiger partial charge in [-0.3, -0.25) is 0 Å². The van der Waals surface area contributed by atoms with Crippen molar-refractivity contribution in [1.82, 2.24) is 0 Å². The van der Waals surface area contributed by atoms with Crippen LogP contribution < -0.4 is 0 Å². The van der Waals surface area contributed by atoms with Crippen LogP contribution in [0.2, 0.25) is 0 Å². The Bertz CT molecular complexity index is 9.44. The second-order valence-electron chi connectivity index (χ2n) is 1.73. The van der Waals surface area contributed by atoms with Gasteiger partial charge in [0.05, 0.1) is 0 Å². The van der Waals surface area contributed by atoms with E-state index < -0.39 is 0 Å². The van der Waals surface area contributed by atoms with Gasteiger partial charge >= 0.3 is 26.2 Å². The van der Waals surface area contributed by atoms with Gasteiger partial charge in [0.2, 0.25) is 0 Å². The summed E-state index contributed by atoms with van der Waals surface area (Å²) in [6.45, 7) is 12.0. The van der Waals surface area contributed by atoms with E-state index in [2.05, 4.69) is 0 Å². The minimum Gasteiger partial charge on any atom is -0.335 e. The maximum absolute atomic E-state index is 2.00. The molecular weight excluding hydrogens is 199 g/mol. The van der Waals surface area contributed by atoms with Crippen LogP contribution >= 0.6 is 0 Å². The van der Waals surface area contributed by atoms with E-state index in [1.807, 2.05) is 60.8 Å². The van der Waals surface area contributed by atoms with Crippen LogP contribution in [0.4, 0.5) is 0 Å². The first-order chi connectivity index (χ1) is 4.24. The fourth-order valence-corrected chi connectivity index (χ4v) is 0. The summed E-state index contributed by atoms with van der Waals surface area (Å²) in [6, 6.07) is 0. The van der Waals surface area contributed by atoms with Crippen molar-refractivity contribution in [2.75, 3.05) is 0 Å². The molecule has 1 heteroatoms. The van der Waals surface area contributed by atoms with Crippen molar-refractivity contribution in [3.8, 4) is 0 Å². The molecule has 0 aliphatic rings. The third kappa shape index (κ3) is 708. The molecule has 0 spiro atoms. The molecule has 1 radical (unpaired) electrons. The second kappa shape index (κ2) is 51.7. The summed E-state index contributed by atoms with van der Waals surface area (Å²) in [5.74, 6) is 0. The summed E-state index contributed by atoms with van der Waals surface area (Å²) in [7, 11) is 0. The monoisotopic (exact) mass is 219 g/mol. The molecule has 0 amide bonds. The zero-order chi connectivity index (χ0) is 8.12. The summed E-state index contributed by atoms with van der Waals surface area (Å²) < 4.78 is 0. The Balaban J connectivity index is -0.0000000257. The fourth-order valence-electron chi connectivity index (χ4n) is 0. The van der Waals surface area contributed by atoms with E-state index in [9.17, 15) is 0 Å². The zero-order valence-corrected chi connectivity index (χ0v) is 10.7. The fraction of sp³-hybridized carbons (Fsp3) is 0.667. The zero-order valence-electron chi connectivity index (χ0n) is 8.23. The smallest absolute Gasteiger partial charge is 0.335 e. The summed E-state index contributed by atoms with van der Waals surface area (Å²) in [6.07, 6.45) is 6.00. The molecule has 0 aromatic rings. The Kier molecular flexibility index (Phi) is 116. The molecule has 0 rings (SSSR count). The number of hydrogen-bond donors (Lipinski definition) is 0. The van der Waals surface area contributed by atoms with Crippen molar-refractivity contribution in [1.29, 1.82) is 0 Å². The van der Waals surface area contributed by atoms with Gasteiger partial charge in [0, 0.05) is 0 Å². The van der Waals surface area contributed by atoms with Gasteiger partial charge in [-0.2, -0.15) is 41.5 Å². The molecule has 0 aliphatic carbocycles. The summed E-state index contributed by atoms with van der Waals surface area (Å²) >= 11 is 0. The van der Waals surface area contributed by atoms with Crippen molar-refractivity contribution in [3.05, 3.63) is 19.3 Å². The Labute approximate surface area is 86.9 Å². The summed E-state index contributed by atoms with van der Waals surface area (Å²) in [5.41, 5.74) is 0. The average molecular weight is 220 g/mol.